The third-order valence-electron chi connectivity index (χ3n) is 3.59. The van der Waals surface area contributed by atoms with E-state index in [2.05, 4.69) is 10.3 Å². The molecule has 0 aliphatic heterocycles. The van der Waals surface area contributed by atoms with Crippen LogP contribution < -0.4 is 15.0 Å². The Morgan fingerprint density at radius 1 is 1.00 bits per heavy atom. The van der Waals surface area contributed by atoms with Crippen LogP contribution in [0.3, 0.4) is 0 Å². The molecule has 6 heteroatoms. The Bertz CT molecular complexity index is 897. The summed E-state index contributed by atoms with van der Waals surface area (Å²) in [5.74, 6) is 1.81. The fraction of sp³-hybridized carbons (Fsp3) is 0.100. The summed E-state index contributed by atoms with van der Waals surface area (Å²) >= 11 is 6.00. The van der Waals surface area contributed by atoms with E-state index in [9.17, 15) is 4.79 Å². The first-order chi connectivity index (χ1) is 12.5. The molecule has 1 heterocycles. The van der Waals surface area contributed by atoms with Gasteiger partial charge in [-0.2, -0.15) is 0 Å². The third-order valence-corrected chi connectivity index (χ3v) is 3.79. The minimum absolute atomic E-state index is 0.255. The number of benzene rings is 2. The van der Waals surface area contributed by atoms with Gasteiger partial charge >= 0.3 is 0 Å². The number of aromatic nitrogens is 1. The SMILES string of the molecule is CN(C)c1cc(C(=O)Nc2ccc(Oc3ccccc3)cc2)cc(Cl)n1. The van der Waals surface area contributed by atoms with Gasteiger partial charge in [-0.25, -0.2) is 4.98 Å². The highest BCUT2D eigenvalue weighted by Gasteiger charge is 2.11. The largest absolute Gasteiger partial charge is 0.457 e. The number of nitrogens with zero attached hydrogens (tertiary/aromatic N) is 2. The van der Waals surface area contributed by atoms with Crippen molar-refractivity contribution in [3.05, 3.63) is 77.4 Å². The van der Waals surface area contributed by atoms with E-state index in [-0.39, 0.29) is 11.1 Å². The average Bonchev–Trinajstić information content (AvgIpc) is 2.63. The van der Waals surface area contributed by atoms with Crippen LogP contribution in [-0.4, -0.2) is 25.0 Å². The number of hydrogen-bond acceptors (Lipinski definition) is 4. The van der Waals surface area contributed by atoms with Crippen molar-refractivity contribution in [3.63, 3.8) is 0 Å². The Kier molecular flexibility index (Phi) is 5.39. The number of amides is 1. The lowest BCUT2D eigenvalue weighted by molar-refractivity contribution is 0.102. The second-order valence-electron chi connectivity index (χ2n) is 5.82. The number of hydrogen-bond donors (Lipinski definition) is 1. The van der Waals surface area contributed by atoms with Crippen LogP contribution in [0, 0.1) is 0 Å². The number of anilines is 2. The van der Waals surface area contributed by atoms with Crippen LogP contribution in [0.15, 0.2) is 66.7 Å². The van der Waals surface area contributed by atoms with Gasteiger partial charge < -0.3 is 15.0 Å². The third kappa shape index (κ3) is 4.52. The second kappa shape index (κ2) is 7.89. The van der Waals surface area contributed by atoms with Crippen molar-refractivity contribution in [1.29, 1.82) is 0 Å². The van der Waals surface area contributed by atoms with Crippen LogP contribution in [-0.2, 0) is 0 Å². The number of carbonyl (C=O) groups is 1. The number of pyridine rings is 1. The van der Waals surface area contributed by atoms with Crippen LogP contribution in [0.1, 0.15) is 10.4 Å². The summed E-state index contributed by atoms with van der Waals surface area (Å²) in [5.41, 5.74) is 1.10. The Balaban J connectivity index is 1.70. The number of halogens is 1. The smallest absolute Gasteiger partial charge is 0.255 e. The molecule has 1 N–H and O–H groups in total. The lowest BCUT2D eigenvalue weighted by Crippen LogP contribution is -2.15. The van der Waals surface area contributed by atoms with Crippen molar-refractivity contribution in [2.45, 2.75) is 0 Å². The molecule has 0 spiro atoms. The Labute approximate surface area is 157 Å². The first-order valence-corrected chi connectivity index (χ1v) is 8.38. The Hall–Kier alpha value is -3.05. The van der Waals surface area contributed by atoms with Crippen LogP contribution in [0.25, 0.3) is 0 Å². The Morgan fingerprint density at radius 3 is 2.31 bits per heavy atom. The fourth-order valence-electron chi connectivity index (χ4n) is 2.28. The molecule has 0 fully saturated rings. The van der Waals surface area contributed by atoms with Crippen molar-refractivity contribution in [2.75, 3.05) is 24.3 Å². The highest BCUT2D eigenvalue weighted by Crippen LogP contribution is 2.23. The number of para-hydroxylation sites is 1. The summed E-state index contributed by atoms with van der Waals surface area (Å²) in [5, 5.41) is 3.11. The molecule has 5 nitrogen and oxygen atoms in total. The van der Waals surface area contributed by atoms with Crippen LogP contribution in [0.4, 0.5) is 11.5 Å². The molecule has 1 aromatic heterocycles. The van der Waals surface area contributed by atoms with Gasteiger partial charge in [0.05, 0.1) is 0 Å². The van der Waals surface area contributed by atoms with Crippen molar-refractivity contribution in [3.8, 4) is 11.5 Å². The quantitative estimate of drug-likeness (QED) is 0.655. The molecule has 3 aromatic rings. The van der Waals surface area contributed by atoms with Gasteiger partial charge in [0.15, 0.2) is 0 Å². The van der Waals surface area contributed by atoms with Gasteiger partial charge in [0.1, 0.15) is 22.5 Å². The molecule has 0 atom stereocenters. The zero-order valence-corrected chi connectivity index (χ0v) is 15.2. The van der Waals surface area contributed by atoms with Crippen molar-refractivity contribution in [2.24, 2.45) is 0 Å². The maximum Gasteiger partial charge on any atom is 0.255 e. The minimum atomic E-state index is -0.255. The lowest BCUT2D eigenvalue weighted by Gasteiger charge is -2.13. The minimum Gasteiger partial charge on any atom is -0.457 e. The molecular formula is C20H18ClN3O2. The molecular weight excluding hydrogens is 350 g/mol. The number of rotatable bonds is 5. The van der Waals surface area contributed by atoms with Crippen molar-refractivity contribution >= 4 is 29.0 Å². The van der Waals surface area contributed by atoms with E-state index in [0.717, 1.165) is 5.75 Å². The zero-order chi connectivity index (χ0) is 18.5. The summed E-state index contributed by atoms with van der Waals surface area (Å²) in [6, 6.07) is 19.9. The van der Waals surface area contributed by atoms with E-state index in [1.165, 1.54) is 6.07 Å². The number of carbonyl (C=O) groups excluding carboxylic acids is 1. The van der Waals surface area contributed by atoms with Gasteiger partial charge in [0.25, 0.3) is 5.91 Å². The van der Waals surface area contributed by atoms with Crippen molar-refractivity contribution < 1.29 is 9.53 Å². The van der Waals surface area contributed by atoms with E-state index in [0.29, 0.717) is 22.8 Å². The molecule has 0 radical (unpaired) electrons. The van der Waals surface area contributed by atoms with E-state index in [4.69, 9.17) is 16.3 Å². The van der Waals surface area contributed by atoms with Crippen LogP contribution in [0.5, 0.6) is 11.5 Å². The molecule has 0 aliphatic carbocycles. The van der Waals surface area contributed by atoms with E-state index >= 15 is 0 Å². The van der Waals surface area contributed by atoms with Gasteiger partial charge in [-0.15, -0.1) is 0 Å². The first kappa shape index (κ1) is 17.8. The van der Waals surface area contributed by atoms with Gasteiger partial charge in [0, 0.05) is 25.3 Å². The summed E-state index contributed by atoms with van der Waals surface area (Å²) in [4.78, 5) is 18.4. The molecule has 0 aliphatic rings. The average molecular weight is 368 g/mol. The zero-order valence-electron chi connectivity index (χ0n) is 14.4. The topological polar surface area (TPSA) is 54.5 Å². The second-order valence-corrected chi connectivity index (χ2v) is 6.21. The van der Waals surface area contributed by atoms with E-state index in [1.807, 2.05) is 44.4 Å². The van der Waals surface area contributed by atoms with E-state index in [1.54, 1.807) is 35.2 Å². The first-order valence-electron chi connectivity index (χ1n) is 8.00. The molecule has 0 saturated carbocycles. The van der Waals surface area contributed by atoms with Crippen LogP contribution in [0.2, 0.25) is 5.15 Å². The molecule has 0 unspecified atom stereocenters. The highest BCUT2D eigenvalue weighted by atomic mass is 35.5. The predicted octanol–water partition coefficient (Wildman–Crippen LogP) is 4.85. The highest BCUT2D eigenvalue weighted by molar-refractivity contribution is 6.30. The van der Waals surface area contributed by atoms with Gasteiger partial charge in [-0.05, 0) is 48.5 Å². The summed E-state index contributed by atoms with van der Waals surface area (Å²) < 4.78 is 5.74. The molecule has 132 valence electrons. The maximum absolute atomic E-state index is 12.5. The monoisotopic (exact) mass is 367 g/mol. The number of ether oxygens (including phenoxy) is 1. The molecule has 26 heavy (non-hydrogen) atoms. The standard InChI is InChI=1S/C20H18ClN3O2/c1-24(2)19-13-14(12-18(21)23-19)20(25)22-15-8-10-17(11-9-15)26-16-6-4-3-5-7-16/h3-13H,1-2H3,(H,22,25). The summed E-state index contributed by atoms with van der Waals surface area (Å²) in [6.45, 7) is 0. The summed E-state index contributed by atoms with van der Waals surface area (Å²) in [7, 11) is 3.68. The molecule has 0 saturated heterocycles. The fourth-order valence-corrected chi connectivity index (χ4v) is 2.48. The van der Waals surface area contributed by atoms with E-state index < -0.39 is 0 Å². The predicted molar refractivity (Wildman–Crippen MR) is 104 cm³/mol. The van der Waals surface area contributed by atoms with Gasteiger partial charge in [0.2, 0.25) is 0 Å². The van der Waals surface area contributed by atoms with Gasteiger partial charge in [-0.1, -0.05) is 29.8 Å². The normalized spacial score (nSPS) is 10.3. The Morgan fingerprint density at radius 2 is 1.65 bits per heavy atom. The summed E-state index contributed by atoms with van der Waals surface area (Å²) in [6.07, 6.45) is 0. The van der Waals surface area contributed by atoms with Crippen LogP contribution >= 0.6 is 11.6 Å². The van der Waals surface area contributed by atoms with Gasteiger partial charge in [-0.3, -0.25) is 4.79 Å². The lowest BCUT2D eigenvalue weighted by atomic mass is 10.2. The molecule has 3 rings (SSSR count). The van der Waals surface area contributed by atoms with Crippen molar-refractivity contribution in [1.82, 2.24) is 4.98 Å². The number of nitrogens with one attached hydrogen (secondary N) is 1. The molecule has 1 amide bonds. The molecule has 0 bridgehead atoms. The maximum atomic E-state index is 12.5. The molecule has 2 aromatic carbocycles.